The van der Waals surface area contributed by atoms with Crippen LogP contribution in [-0.2, 0) is 16.4 Å². The van der Waals surface area contributed by atoms with Crippen molar-refractivity contribution >= 4 is 28.1 Å². The van der Waals surface area contributed by atoms with E-state index in [9.17, 15) is 12.8 Å². The Balaban J connectivity index is 0.00000264. The van der Waals surface area contributed by atoms with E-state index in [-0.39, 0.29) is 41.1 Å². The number of sulfone groups is 1. The number of hydrogen-bond donors (Lipinski definition) is 2. The SMILES string of the molecule is CS(=O)(=O)c1ccc(COc2ccc(C(=N)N)cc2F)cc1.Cl. The lowest BCUT2D eigenvalue weighted by Gasteiger charge is -2.09. The molecule has 3 N–H and O–H groups in total. The molecular weight excluding hydrogens is 343 g/mol. The first-order valence-corrected chi connectivity index (χ1v) is 8.22. The first-order chi connectivity index (χ1) is 10.3. The van der Waals surface area contributed by atoms with Crippen LogP contribution in [-0.4, -0.2) is 20.5 Å². The van der Waals surface area contributed by atoms with Gasteiger partial charge in [-0.1, -0.05) is 12.1 Å². The molecule has 0 saturated heterocycles. The third-order valence-electron chi connectivity index (χ3n) is 2.99. The van der Waals surface area contributed by atoms with E-state index >= 15 is 0 Å². The molecule has 0 spiro atoms. The second-order valence-electron chi connectivity index (χ2n) is 4.76. The predicted octanol–water partition coefficient (Wildman–Crippen LogP) is 2.51. The fourth-order valence-electron chi connectivity index (χ4n) is 1.78. The van der Waals surface area contributed by atoms with E-state index in [4.69, 9.17) is 15.9 Å². The van der Waals surface area contributed by atoms with Gasteiger partial charge in [-0.15, -0.1) is 12.4 Å². The Labute approximate surface area is 140 Å². The average Bonchev–Trinajstić information content (AvgIpc) is 2.45. The summed E-state index contributed by atoms with van der Waals surface area (Å²) in [5.74, 6) is -0.792. The molecule has 0 aliphatic carbocycles. The summed E-state index contributed by atoms with van der Waals surface area (Å²) in [6, 6.07) is 10.2. The highest BCUT2D eigenvalue weighted by molar-refractivity contribution is 7.90. The molecule has 2 aromatic rings. The zero-order chi connectivity index (χ0) is 16.3. The summed E-state index contributed by atoms with van der Waals surface area (Å²) in [5, 5.41) is 7.23. The molecule has 2 rings (SSSR count). The highest BCUT2D eigenvalue weighted by atomic mass is 35.5. The van der Waals surface area contributed by atoms with Crippen molar-refractivity contribution in [3.8, 4) is 5.75 Å². The summed E-state index contributed by atoms with van der Waals surface area (Å²) < 4.78 is 41.8. The van der Waals surface area contributed by atoms with Crippen molar-refractivity contribution in [1.82, 2.24) is 0 Å². The quantitative estimate of drug-likeness (QED) is 0.634. The maximum absolute atomic E-state index is 13.8. The van der Waals surface area contributed by atoms with Gasteiger partial charge >= 0.3 is 0 Å². The molecule has 23 heavy (non-hydrogen) atoms. The van der Waals surface area contributed by atoms with Gasteiger partial charge in [0.25, 0.3) is 0 Å². The number of nitrogens with one attached hydrogen (secondary N) is 1. The Bertz CT molecular complexity index is 808. The minimum Gasteiger partial charge on any atom is -0.486 e. The number of benzene rings is 2. The van der Waals surface area contributed by atoms with Gasteiger partial charge in [-0.3, -0.25) is 5.41 Å². The van der Waals surface area contributed by atoms with Crippen molar-refractivity contribution in [2.24, 2.45) is 5.73 Å². The Morgan fingerprint density at radius 3 is 2.30 bits per heavy atom. The second-order valence-corrected chi connectivity index (χ2v) is 6.78. The summed E-state index contributed by atoms with van der Waals surface area (Å²) in [6.07, 6.45) is 1.13. The second kappa shape index (κ2) is 7.43. The fourth-order valence-corrected chi connectivity index (χ4v) is 2.41. The van der Waals surface area contributed by atoms with Crippen LogP contribution < -0.4 is 10.5 Å². The molecule has 124 valence electrons. The number of ether oxygens (including phenoxy) is 1. The van der Waals surface area contributed by atoms with Crippen LogP contribution in [0.1, 0.15) is 11.1 Å². The lowest BCUT2D eigenvalue weighted by Crippen LogP contribution is -2.11. The Morgan fingerprint density at radius 2 is 1.83 bits per heavy atom. The summed E-state index contributed by atoms with van der Waals surface area (Å²) in [5.41, 5.74) is 6.26. The minimum absolute atomic E-state index is 0. The molecule has 0 aliphatic rings. The molecule has 5 nitrogen and oxygen atoms in total. The van der Waals surface area contributed by atoms with Gasteiger partial charge in [-0.25, -0.2) is 12.8 Å². The van der Waals surface area contributed by atoms with E-state index < -0.39 is 15.7 Å². The molecule has 8 heteroatoms. The summed E-state index contributed by atoms with van der Waals surface area (Å²) in [6.45, 7) is 0.0976. The van der Waals surface area contributed by atoms with Gasteiger partial charge in [0.2, 0.25) is 0 Å². The normalized spacial score (nSPS) is 10.7. The third-order valence-corrected chi connectivity index (χ3v) is 4.12. The van der Waals surface area contributed by atoms with Gasteiger partial charge in [0.1, 0.15) is 12.4 Å². The van der Waals surface area contributed by atoms with Gasteiger partial charge in [-0.2, -0.15) is 0 Å². The molecule has 0 aromatic heterocycles. The largest absolute Gasteiger partial charge is 0.486 e. The molecule has 0 amide bonds. The molecule has 0 saturated carbocycles. The molecule has 0 heterocycles. The molecule has 0 atom stereocenters. The summed E-state index contributed by atoms with van der Waals surface area (Å²) >= 11 is 0. The average molecular weight is 359 g/mol. The lowest BCUT2D eigenvalue weighted by atomic mass is 10.2. The van der Waals surface area contributed by atoms with Crippen LogP contribution in [0.4, 0.5) is 4.39 Å². The third kappa shape index (κ3) is 4.94. The maximum atomic E-state index is 13.8. The van der Waals surface area contributed by atoms with Gasteiger partial charge in [-0.05, 0) is 35.9 Å². The highest BCUT2D eigenvalue weighted by Crippen LogP contribution is 2.20. The summed E-state index contributed by atoms with van der Waals surface area (Å²) in [4.78, 5) is 0.216. The van der Waals surface area contributed by atoms with Crippen molar-refractivity contribution in [3.63, 3.8) is 0 Å². The molecule has 0 radical (unpaired) electrons. The molecular formula is C15H16ClFN2O3S. The van der Waals surface area contributed by atoms with E-state index in [1.807, 2.05) is 0 Å². The number of hydrogen-bond acceptors (Lipinski definition) is 4. The van der Waals surface area contributed by atoms with Crippen LogP contribution in [0.15, 0.2) is 47.4 Å². The van der Waals surface area contributed by atoms with E-state index in [2.05, 4.69) is 0 Å². The van der Waals surface area contributed by atoms with Crippen molar-refractivity contribution in [1.29, 1.82) is 5.41 Å². The number of rotatable bonds is 5. The molecule has 2 aromatic carbocycles. The monoisotopic (exact) mass is 358 g/mol. The highest BCUT2D eigenvalue weighted by Gasteiger charge is 2.08. The molecule has 0 bridgehead atoms. The first-order valence-electron chi connectivity index (χ1n) is 6.33. The topological polar surface area (TPSA) is 93.2 Å². The predicted molar refractivity (Wildman–Crippen MR) is 88.5 cm³/mol. The van der Waals surface area contributed by atoms with Crippen LogP contribution in [0.3, 0.4) is 0 Å². The van der Waals surface area contributed by atoms with E-state index in [1.54, 1.807) is 12.1 Å². The summed E-state index contributed by atoms with van der Waals surface area (Å²) in [7, 11) is -3.24. The number of amidine groups is 1. The van der Waals surface area contributed by atoms with Crippen molar-refractivity contribution in [2.75, 3.05) is 6.26 Å². The molecule has 0 aliphatic heterocycles. The Hall–Kier alpha value is -2.12. The zero-order valence-corrected chi connectivity index (χ0v) is 13.9. The van der Waals surface area contributed by atoms with Crippen molar-refractivity contribution in [2.45, 2.75) is 11.5 Å². The van der Waals surface area contributed by atoms with Crippen LogP contribution in [0.2, 0.25) is 0 Å². The first kappa shape index (κ1) is 18.9. The number of halogens is 2. The van der Waals surface area contributed by atoms with E-state index in [1.165, 1.54) is 24.3 Å². The van der Waals surface area contributed by atoms with E-state index in [0.717, 1.165) is 12.3 Å². The van der Waals surface area contributed by atoms with Crippen LogP contribution in [0.5, 0.6) is 5.75 Å². The van der Waals surface area contributed by atoms with Crippen molar-refractivity contribution in [3.05, 3.63) is 59.4 Å². The van der Waals surface area contributed by atoms with Gasteiger partial charge in [0, 0.05) is 11.8 Å². The Kier molecular flexibility index (Phi) is 6.12. The Morgan fingerprint density at radius 1 is 1.22 bits per heavy atom. The lowest BCUT2D eigenvalue weighted by molar-refractivity contribution is 0.290. The van der Waals surface area contributed by atoms with Gasteiger partial charge < -0.3 is 10.5 Å². The molecule has 0 fully saturated rings. The fraction of sp³-hybridized carbons (Fsp3) is 0.133. The zero-order valence-electron chi connectivity index (χ0n) is 12.2. The van der Waals surface area contributed by atoms with Crippen LogP contribution >= 0.6 is 12.4 Å². The van der Waals surface area contributed by atoms with Gasteiger partial charge in [0.05, 0.1) is 4.90 Å². The maximum Gasteiger partial charge on any atom is 0.175 e. The van der Waals surface area contributed by atoms with Crippen LogP contribution in [0, 0.1) is 11.2 Å². The standard InChI is InChI=1S/C15H15FN2O3S.ClH/c1-22(19,20)12-5-2-10(3-6-12)9-21-14-7-4-11(15(17)18)8-13(14)16;/h2-8H,9H2,1H3,(H3,17,18);1H. The molecule has 0 unspecified atom stereocenters. The number of nitrogen functional groups attached to an aromatic ring is 1. The smallest absolute Gasteiger partial charge is 0.175 e. The minimum atomic E-state index is -3.24. The van der Waals surface area contributed by atoms with Gasteiger partial charge in [0.15, 0.2) is 21.4 Å². The van der Waals surface area contributed by atoms with Crippen molar-refractivity contribution < 1.29 is 17.5 Å². The van der Waals surface area contributed by atoms with E-state index in [0.29, 0.717) is 5.56 Å². The number of nitrogens with two attached hydrogens (primary N) is 1. The van der Waals surface area contributed by atoms with Crippen LogP contribution in [0.25, 0.3) is 0 Å².